The Bertz CT molecular complexity index is 589. The summed E-state index contributed by atoms with van der Waals surface area (Å²) >= 11 is 0. The number of carboxylic acids is 1. The molecule has 0 aromatic carbocycles. The van der Waals surface area contributed by atoms with E-state index < -0.39 is 5.97 Å². The van der Waals surface area contributed by atoms with Crippen molar-refractivity contribution >= 4 is 11.8 Å². The lowest BCUT2D eigenvalue weighted by molar-refractivity contribution is 0.0690. The number of aromatic nitrogens is 2. The quantitative estimate of drug-likeness (QED) is 0.908. The zero-order valence-electron chi connectivity index (χ0n) is 10.2. The van der Waals surface area contributed by atoms with E-state index in [1.54, 1.807) is 12.1 Å². The fourth-order valence-corrected chi connectivity index (χ4v) is 2.17. The summed E-state index contributed by atoms with van der Waals surface area (Å²) in [5.74, 6) is 0.377. The van der Waals surface area contributed by atoms with Crippen molar-refractivity contribution < 1.29 is 14.3 Å². The highest BCUT2D eigenvalue weighted by Gasteiger charge is 2.19. The third kappa shape index (κ3) is 2.29. The number of rotatable bonds is 3. The summed E-state index contributed by atoms with van der Waals surface area (Å²) in [6.45, 7) is 1.79. The van der Waals surface area contributed by atoms with Crippen molar-refractivity contribution in [3.63, 3.8) is 0 Å². The molecule has 1 aliphatic heterocycles. The van der Waals surface area contributed by atoms with Gasteiger partial charge in [-0.2, -0.15) is 0 Å². The molecule has 0 radical (unpaired) electrons. The molecule has 1 fully saturated rings. The van der Waals surface area contributed by atoms with Gasteiger partial charge in [-0.1, -0.05) is 0 Å². The lowest BCUT2D eigenvalue weighted by Gasteiger charge is -2.16. The first-order valence-electron chi connectivity index (χ1n) is 6.15. The Morgan fingerprint density at radius 3 is 2.74 bits per heavy atom. The highest BCUT2D eigenvalue weighted by molar-refractivity contribution is 5.86. The molecule has 2 aromatic rings. The van der Waals surface area contributed by atoms with Crippen molar-refractivity contribution in [3.05, 3.63) is 30.2 Å². The van der Waals surface area contributed by atoms with Gasteiger partial charge < -0.3 is 14.4 Å². The highest BCUT2D eigenvalue weighted by Crippen LogP contribution is 2.23. The van der Waals surface area contributed by atoms with E-state index in [0.717, 1.165) is 25.9 Å². The molecule has 3 rings (SSSR count). The molecule has 0 spiro atoms. The van der Waals surface area contributed by atoms with Crippen LogP contribution in [-0.4, -0.2) is 34.1 Å². The second-order valence-corrected chi connectivity index (χ2v) is 4.41. The van der Waals surface area contributed by atoms with Gasteiger partial charge in [-0.25, -0.2) is 14.8 Å². The van der Waals surface area contributed by atoms with Crippen molar-refractivity contribution in [2.24, 2.45) is 0 Å². The van der Waals surface area contributed by atoms with Crippen LogP contribution >= 0.6 is 0 Å². The minimum atomic E-state index is -1.06. The Kier molecular flexibility index (Phi) is 2.91. The maximum Gasteiger partial charge on any atom is 0.354 e. The SMILES string of the molecule is O=C(O)c1cc(N2CCCC2)nc(-c2ccco2)n1. The third-order valence-corrected chi connectivity index (χ3v) is 3.10. The molecular weight excluding hydrogens is 246 g/mol. The van der Waals surface area contributed by atoms with Gasteiger partial charge in [-0.15, -0.1) is 0 Å². The maximum absolute atomic E-state index is 11.2. The maximum atomic E-state index is 11.2. The van der Waals surface area contributed by atoms with Crippen molar-refractivity contribution in [1.29, 1.82) is 0 Å². The van der Waals surface area contributed by atoms with Crippen LogP contribution in [0.1, 0.15) is 23.3 Å². The van der Waals surface area contributed by atoms with Crippen molar-refractivity contribution in [2.75, 3.05) is 18.0 Å². The topological polar surface area (TPSA) is 79.5 Å². The van der Waals surface area contributed by atoms with Crippen molar-refractivity contribution in [2.45, 2.75) is 12.8 Å². The molecule has 1 aliphatic rings. The van der Waals surface area contributed by atoms with Crippen LogP contribution < -0.4 is 4.90 Å². The summed E-state index contributed by atoms with van der Waals surface area (Å²) in [6, 6.07) is 4.95. The van der Waals surface area contributed by atoms with Crippen LogP contribution in [0.5, 0.6) is 0 Å². The number of hydrogen-bond donors (Lipinski definition) is 1. The molecule has 98 valence electrons. The molecule has 0 aliphatic carbocycles. The number of carboxylic acid groups (broad SMARTS) is 1. The van der Waals surface area contributed by atoms with Crippen LogP contribution in [0.4, 0.5) is 5.82 Å². The molecule has 0 unspecified atom stereocenters. The summed E-state index contributed by atoms with van der Waals surface area (Å²) in [7, 11) is 0. The predicted molar refractivity (Wildman–Crippen MR) is 68.1 cm³/mol. The molecule has 0 atom stereocenters. The van der Waals surface area contributed by atoms with E-state index in [9.17, 15) is 4.79 Å². The second-order valence-electron chi connectivity index (χ2n) is 4.41. The Morgan fingerprint density at radius 1 is 1.32 bits per heavy atom. The van der Waals surface area contributed by atoms with Gasteiger partial charge in [0.05, 0.1) is 6.26 Å². The number of carbonyl (C=O) groups is 1. The molecule has 0 amide bonds. The number of nitrogens with zero attached hydrogens (tertiary/aromatic N) is 3. The van der Waals surface area contributed by atoms with Gasteiger partial charge in [0.25, 0.3) is 0 Å². The second kappa shape index (κ2) is 4.72. The van der Waals surface area contributed by atoms with Gasteiger partial charge in [0.15, 0.2) is 17.3 Å². The molecule has 2 aromatic heterocycles. The monoisotopic (exact) mass is 259 g/mol. The van der Waals surface area contributed by atoms with Crippen LogP contribution in [0.2, 0.25) is 0 Å². The zero-order chi connectivity index (χ0) is 13.2. The molecule has 6 nitrogen and oxygen atoms in total. The normalized spacial score (nSPS) is 14.8. The average Bonchev–Trinajstić information content (AvgIpc) is 3.11. The van der Waals surface area contributed by atoms with Crippen LogP contribution in [-0.2, 0) is 0 Å². The number of aromatic carboxylic acids is 1. The van der Waals surface area contributed by atoms with E-state index in [1.807, 2.05) is 0 Å². The summed E-state index contributed by atoms with van der Waals surface area (Å²) in [4.78, 5) is 21.6. The Hall–Kier alpha value is -2.37. The zero-order valence-corrected chi connectivity index (χ0v) is 10.2. The van der Waals surface area contributed by atoms with Crippen LogP contribution in [0.3, 0.4) is 0 Å². The first kappa shape index (κ1) is 11.7. The first-order chi connectivity index (χ1) is 9.24. The molecule has 19 heavy (non-hydrogen) atoms. The Balaban J connectivity index is 2.06. The molecular formula is C13H13N3O3. The molecule has 3 heterocycles. The molecule has 1 saturated heterocycles. The van der Waals surface area contributed by atoms with Crippen molar-refractivity contribution in [1.82, 2.24) is 9.97 Å². The smallest absolute Gasteiger partial charge is 0.354 e. The molecule has 6 heteroatoms. The molecule has 1 N–H and O–H groups in total. The first-order valence-corrected chi connectivity index (χ1v) is 6.15. The van der Waals surface area contributed by atoms with E-state index in [-0.39, 0.29) is 5.69 Å². The minimum absolute atomic E-state index is 0.0108. The van der Waals surface area contributed by atoms with Gasteiger partial charge in [0, 0.05) is 19.2 Å². The fraction of sp³-hybridized carbons (Fsp3) is 0.308. The summed E-state index contributed by atoms with van der Waals surface area (Å²) in [5.41, 5.74) is -0.0108. The van der Waals surface area contributed by atoms with E-state index in [2.05, 4.69) is 14.9 Å². The predicted octanol–water partition coefficient (Wildman–Crippen LogP) is 2.04. The summed E-state index contributed by atoms with van der Waals surface area (Å²) in [6.07, 6.45) is 3.71. The summed E-state index contributed by atoms with van der Waals surface area (Å²) < 4.78 is 5.24. The fourth-order valence-electron chi connectivity index (χ4n) is 2.17. The van der Waals surface area contributed by atoms with Gasteiger partial charge in [-0.05, 0) is 25.0 Å². The van der Waals surface area contributed by atoms with Gasteiger partial charge in [0.1, 0.15) is 5.82 Å². The standard InChI is InChI=1S/C13H13N3O3/c17-13(18)9-8-11(16-5-1-2-6-16)15-12(14-9)10-4-3-7-19-10/h3-4,7-8H,1-2,5-6H2,(H,17,18). The molecule has 0 bridgehead atoms. The lowest BCUT2D eigenvalue weighted by atomic mass is 10.3. The third-order valence-electron chi connectivity index (χ3n) is 3.10. The average molecular weight is 259 g/mol. The van der Waals surface area contributed by atoms with Gasteiger partial charge >= 0.3 is 5.97 Å². The summed E-state index contributed by atoms with van der Waals surface area (Å²) in [5, 5.41) is 9.13. The molecule has 0 saturated carbocycles. The van der Waals surface area contributed by atoms with E-state index in [1.165, 1.54) is 12.3 Å². The van der Waals surface area contributed by atoms with Crippen molar-refractivity contribution in [3.8, 4) is 11.6 Å². The number of hydrogen-bond acceptors (Lipinski definition) is 5. The van der Waals surface area contributed by atoms with Gasteiger partial charge in [0.2, 0.25) is 0 Å². The number of furan rings is 1. The largest absolute Gasteiger partial charge is 0.477 e. The lowest BCUT2D eigenvalue weighted by Crippen LogP contribution is -2.20. The van der Waals surface area contributed by atoms with Gasteiger partial charge in [-0.3, -0.25) is 0 Å². The Morgan fingerprint density at radius 2 is 2.11 bits per heavy atom. The van der Waals surface area contributed by atoms with E-state index in [0.29, 0.717) is 17.4 Å². The Labute approximate surface area is 109 Å². The van der Waals surface area contributed by atoms with Crippen LogP contribution in [0.15, 0.2) is 28.9 Å². The van der Waals surface area contributed by atoms with E-state index >= 15 is 0 Å². The van der Waals surface area contributed by atoms with Crippen LogP contribution in [0.25, 0.3) is 11.6 Å². The minimum Gasteiger partial charge on any atom is -0.477 e. The number of anilines is 1. The van der Waals surface area contributed by atoms with Crippen LogP contribution in [0, 0.1) is 0 Å². The van der Waals surface area contributed by atoms with E-state index in [4.69, 9.17) is 9.52 Å². The highest BCUT2D eigenvalue weighted by atomic mass is 16.4.